The van der Waals surface area contributed by atoms with Crippen LogP contribution in [0.25, 0.3) is 10.9 Å². The van der Waals surface area contributed by atoms with Crippen molar-refractivity contribution in [3.63, 3.8) is 0 Å². The molecule has 7 heteroatoms. The predicted octanol–water partition coefficient (Wildman–Crippen LogP) is 2.48. The third-order valence-electron chi connectivity index (χ3n) is 6.32. The molecule has 2 N–H and O–H groups in total. The van der Waals surface area contributed by atoms with Gasteiger partial charge >= 0.3 is 0 Å². The standard InChI is InChI=1S/C24H26FN5O/c25-20-8-6-18(7-9-20)23-21(15-27-28-23)24(31)30-13-11-29(12-14-30)16-19-4-1-3-17-5-2-10-26-22(17)19/h1-10,21,23,27-28H,11-16H2. The molecular formula is C24H26FN5O. The zero-order valence-corrected chi connectivity index (χ0v) is 17.3. The summed E-state index contributed by atoms with van der Waals surface area (Å²) in [4.78, 5) is 22.1. The van der Waals surface area contributed by atoms with Crippen LogP contribution in [0.1, 0.15) is 17.2 Å². The van der Waals surface area contributed by atoms with E-state index in [4.69, 9.17) is 0 Å². The molecule has 2 atom stereocenters. The minimum absolute atomic E-state index is 0.145. The number of rotatable bonds is 4. The van der Waals surface area contributed by atoms with Crippen molar-refractivity contribution in [3.05, 3.63) is 77.7 Å². The van der Waals surface area contributed by atoms with Gasteiger partial charge in [0, 0.05) is 50.9 Å². The Hall–Kier alpha value is -2.87. The van der Waals surface area contributed by atoms with Gasteiger partial charge < -0.3 is 4.90 Å². The smallest absolute Gasteiger partial charge is 0.229 e. The largest absolute Gasteiger partial charge is 0.340 e. The molecule has 160 valence electrons. The Bertz CT molecular complexity index is 1060. The first-order valence-electron chi connectivity index (χ1n) is 10.8. The van der Waals surface area contributed by atoms with E-state index in [1.54, 1.807) is 12.1 Å². The number of hydrogen-bond acceptors (Lipinski definition) is 5. The van der Waals surface area contributed by atoms with Gasteiger partial charge in [0.1, 0.15) is 5.82 Å². The van der Waals surface area contributed by atoms with Crippen molar-refractivity contribution in [1.29, 1.82) is 0 Å². The summed E-state index contributed by atoms with van der Waals surface area (Å²) >= 11 is 0. The summed E-state index contributed by atoms with van der Waals surface area (Å²) in [6.45, 7) is 4.50. The number of piperazine rings is 1. The third kappa shape index (κ3) is 4.17. The molecule has 2 aliphatic heterocycles. The fraction of sp³-hybridized carbons (Fsp3) is 0.333. The van der Waals surface area contributed by atoms with Gasteiger partial charge in [-0.2, -0.15) is 0 Å². The molecule has 31 heavy (non-hydrogen) atoms. The quantitative estimate of drug-likeness (QED) is 0.681. The second-order valence-corrected chi connectivity index (χ2v) is 8.25. The second-order valence-electron chi connectivity index (χ2n) is 8.25. The third-order valence-corrected chi connectivity index (χ3v) is 6.32. The number of benzene rings is 2. The van der Waals surface area contributed by atoms with Crippen LogP contribution in [0, 0.1) is 11.7 Å². The molecule has 0 saturated carbocycles. The number of halogens is 1. The minimum Gasteiger partial charge on any atom is -0.340 e. The fourth-order valence-corrected chi connectivity index (χ4v) is 4.61. The molecule has 5 rings (SSSR count). The van der Waals surface area contributed by atoms with Crippen molar-refractivity contribution in [2.75, 3.05) is 32.7 Å². The van der Waals surface area contributed by atoms with Crippen molar-refractivity contribution < 1.29 is 9.18 Å². The zero-order valence-electron chi connectivity index (χ0n) is 17.3. The highest BCUT2D eigenvalue weighted by atomic mass is 19.1. The lowest BCUT2D eigenvalue weighted by molar-refractivity contribution is -0.137. The number of carbonyl (C=O) groups excluding carboxylic acids is 1. The molecule has 2 aliphatic rings. The normalized spacial score (nSPS) is 22.2. The summed E-state index contributed by atoms with van der Waals surface area (Å²) in [5.74, 6) is -0.312. The number of nitrogens with one attached hydrogen (secondary N) is 2. The first-order valence-corrected chi connectivity index (χ1v) is 10.8. The van der Waals surface area contributed by atoms with E-state index in [1.165, 1.54) is 17.7 Å². The Labute approximate surface area is 181 Å². The van der Waals surface area contributed by atoms with Gasteiger partial charge in [0.25, 0.3) is 0 Å². The predicted molar refractivity (Wildman–Crippen MR) is 117 cm³/mol. The van der Waals surface area contributed by atoms with Crippen molar-refractivity contribution >= 4 is 16.8 Å². The van der Waals surface area contributed by atoms with Gasteiger partial charge in [0.05, 0.1) is 17.5 Å². The lowest BCUT2D eigenvalue weighted by Crippen LogP contribution is -2.50. The molecule has 6 nitrogen and oxygen atoms in total. The van der Waals surface area contributed by atoms with Crippen LogP contribution in [0.2, 0.25) is 0 Å². The van der Waals surface area contributed by atoms with Crippen LogP contribution < -0.4 is 10.9 Å². The molecule has 0 spiro atoms. The van der Waals surface area contributed by atoms with Gasteiger partial charge in [-0.3, -0.25) is 20.1 Å². The van der Waals surface area contributed by atoms with Crippen LogP contribution in [0.15, 0.2) is 60.8 Å². The monoisotopic (exact) mass is 419 g/mol. The summed E-state index contributed by atoms with van der Waals surface area (Å²) in [6, 6.07) is 16.6. The molecular weight excluding hydrogens is 393 g/mol. The Kier molecular flexibility index (Phi) is 5.63. The van der Waals surface area contributed by atoms with Crippen LogP contribution in [0.5, 0.6) is 0 Å². The van der Waals surface area contributed by atoms with E-state index in [0.717, 1.165) is 36.1 Å². The average molecular weight is 420 g/mol. The highest BCUT2D eigenvalue weighted by molar-refractivity contribution is 5.82. The highest BCUT2D eigenvalue weighted by Crippen LogP contribution is 2.27. The number of amides is 1. The Morgan fingerprint density at radius 2 is 1.81 bits per heavy atom. The SMILES string of the molecule is O=C(C1CNNC1c1ccc(F)cc1)N1CCN(Cc2cccc3cccnc23)CC1. The molecule has 2 aromatic carbocycles. The second kappa shape index (κ2) is 8.70. The number of nitrogens with zero attached hydrogens (tertiary/aromatic N) is 3. The Morgan fingerprint density at radius 1 is 1.03 bits per heavy atom. The maximum atomic E-state index is 13.3. The van der Waals surface area contributed by atoms with Gasteiger partial charge in [0.2, 0.25) is 5.91 Å². The van der Waals surface area contributed by atoms with Crippen molar-refractivity contribution in [1.82, 2.24) is 25.6 Å². The van der Waals surface area contributed by atoms with E-state index < -0.39 is 0 Å². The zero-order chi connectivity index (χ0) is 21.2. The lowest BCUT2D eigenvalue weighted by Gasteiger charge is -2.36. The molecule has 1 aromatic heterocycles. The van der Waals surface area contributed by atoms with E-state index in [9.17, 15) is 9.18 Å². The van der Waals surface area contributed by atoms with E-state index in [0.29, 0.717) is 19.6 Å². The van der Waals surface area contributed by atoms with Crippen molar-refractivity contribution in [2.45, 2.75) is 12.6 Å². The molecule has 0 radical (unpaired) electrons. The van der Waals surface area contributed by atoms with Crippen LogP contribution in [-0.4, -0.2) is 53.4 Å². The average Bonchev–Trinajstić information content (AvgIpc) is 3.30. The van der Waals surface area contributed by atoms with E-state index in [1.807, 2.05) is 17.2 Å². The molecule has 0 aliphatic carbocycles. The Balaban J connectivity index is 1.22. The molecule has 3 aromatic rings. The fourth-order valence-electron chi connectivity index (χ4n) is 4.61. The number of aromatic nitrogens is 1. The van der Waals surface area contributed by atoms with Crippen molar-refractivity contribution in [3.8, 4) is 0 Å². The molecule has 3 heterocycles. The maximum Gasteiger partial charge on any atom is 0.229 e. The minimum atomic E-state index is -0.268. The summed E-state index contributed by atoms with van der Waals surface area (Å²) in [5.41, 5.74) is 9.48. The van der Waals surface area contributed by atoms with Gasteiger partial charge in [-0.15, -0.1) is 0 Å². The summed E-state index contributed by atoms with van der Waals surface area (Å²) < 4.78 is 13.3. The van der Waals surface area contributed by atoms with Gasteiger partial charge in [-0.05, 0) is 29.3 Å². The number of carbonyl (C=O) groups is 1. The number of hydrogen-bond donors (Lipinski definition) is 2. The van der Waals surface area contributed by atoms with Gasteiger partial charge in [-0.25, -0.2) is 9.82 Å². The van der Waals surface area contributed by atoms with E-state index in [-0.39, 0.29) is 23.7 Å². The first-order chi connectivity index (χ1) is 15.2. The topological polar surface area (TPSA) is 60.5 Å². The lowest BCUT2D eigenvalue weighted by atomic mass is 9.93. The Morgan fingerprint density at radius 3 is 2.61 bits per heavy atom. The van der Waals surface area contributed by atoms with Crippen LogP contribution in [0.4, 0.5) is 4.39 Å². The number of hydrazine groups is 1. The summed E-state index contributed by atoms with van der Waals surface area (Å²) in [6.07, 6.45) is 1.84. The van der Waals surface area contributed by atoms with Crippen LogP contribution in [0.3, 0.4) is 0 Å². The number of fused-ring (bicyclic) bond motifs is 1. The van der Waals surface area contributed by atoms with Gasteiger partial charge in [-0.1, -0.05) is 36.4 Å². The van der Waals surface area contributed by atoms with E-state index in [2.05, 4.69) is 45.0 Å². The van der Waals surface area contributed by atoms with Crippen LogP contribution >= 0.6 is 0 Å². The summed E-state index contributed by atoms with van der Waals surface area (Å²) in [5, 5.41) is 1.15. The van der Waals surface area contributed by atoms with Gasteiger partial charge in [0.15, 0.2) is 0 Å². The molecule has 2 fully saturated rings. The summed E-state index contributed by atoms with van der Waals surface area (Å²) in [7, 11) is 0. The molecule has 0 bridgehead atoms. The number of pyridine rings is 1. The maximum absolute atomic E-state index is 13.3. The molecule has 2 unspecified atom stereocenters. The first kappa shape index (κ1) is 20.1. The number of para-hydroxylation sites is 1. The van der Waals surface area contributed by atoms with E-state index >= 15 is 0 Å². The molecule has 2 saturated heterocycles. The van der Waals surface area contributed by atoms with Crippen molar-refractivity contribution in [2.24, 2.45) is 5.92 Å². The highest BCUT2D eigenvalue weighted by Gasteiger charge is 2.37. The van der Waals surface area contributed by atoms with Crippen LogP contribution in [-0.2, 0) is 11.3 Å². The molecule has 1 amide bonds.